The van der Waals surface area contributed by atoms with Crippen LogP contribution in [0.5, 0.6) is 5.75 Å². The summed E-state index contributed by atoms with van der Waals surface area (Å²) < 4.78 is 25.1. The maximum absolute atomic E-state index is 12.6. The van der Waals surface area contributed by atoms with Gasteiger partial charge in [0.05, 0.1) is 9.79 Å². The third-order valence-electron chi connectivity index (χ3n) is 5.96. The van der Waals surface area contributed by atoms with Gasteiger partial charge in [-0.2, -0.15) is 0 Å². The molecule has 1 N–H and O–H groups in total. The first-order chi connectivity index (χ1) is 13.1. The molecule has 0 aliphatic heterocycles. The summed E-state index contributed by atoms with van der Waals surface area (Å²) in [5.41, 5.74) is 1.23. The van der Waals surface area contributed by atoms with Crippen LogP contribution in [0, 0.1) is 5.92 Å². The molecule has 0 heterocycles. The van der Waals surface area contributed by atoms with Gasteiger partial charge < -0.3 is 5.11 Å². The van der Waals surface area contributed by atoms with Crippen molar-refractivity contribution in [2.75, 3.05) is 0 Å². The minimum atomic E-state index is -3.54. The second-order valence-electron chi connectivity index (χ2n) is 7.71. The predicted octanol–water partition coefficient (Wildman–Crippen LogP) is 6.75. The molecule has 156 valence electrons. The molecular formula is C24H36O3S. The number of hydrogen-bond donors (Lipinski definition) is 1. The zero-order chi connectivity index (χ0) is 21.4. The van der Waals surface area contributed by atoms with Gasteiger partial charge in [-0.05, 0) is 66.1 Å². The number of sulfone groups is 1. The van der Waals surface area contributed by atoms with Gasteiger partial charge in [-0.1, -0.05) is 66.5 Å². The first-order valence-electron chi connectivity index (χ1n) is 10.3. The van der Waals surface area contributed by atoms with Crippen molar-refractivity contribution in [3.8, 4) is 5.75 Å². The highest BCUT2D eigenvalue weighted by atomic mass is 32.2. The Morgan fingerprint density at radius 2 is 1.21 bits per heavy atom. The van der Waals surface area contributed by atoms with Gasteiger partial charge in [0.1, 0.15) is 5.75 Å². The van der Waals surface area contributed by atoms with Gasteiger partial charge in [0.15, 0.2) is 0 Å². The SMILES string of the molecule is CCC(C)(CC)c1ccc(S(=O)(=O)c2ccc(O)cc2)cc1.CCC(C)CC. The molecule has 0 atom stereocenters. The Hall–Kier alpha value is -1.81. The van der Waals surface area contributed by atoms with Gasteiger partial charge in [-0.15, -0.1) is 0 Å². The number of aromatic hydroxyl groups is 1. The molecule has 0 unspecified atom stereocenters. The van der Waals surface area contributed by atoms with Gasteiger partial charge in [-0.25, -0.2) is 8.42 Å². The third kappa shape index (κ3) is 6.10. The van der Waals surface area contributed by atoms with Crippen LogP contribution >= 0.6 is 0 Å². The lowest BCUT2D eigenvalue weighted by Gasteiger charge is -2.27. The summed E-state index contributed by atoms with van der Waals surface area (Å²) in [6.07, 6.45) is 4.67. The predicted molar refractivity (Wildman–Crippen MR) is 118 cm³/mol. The van der Waals surface area contributed by atoms with Gasteiger partial charge >= 0.3 is 0 Å². The zero-order valence-corrected chi connectivity index (χ0v) is 19.0. The smallest absolute Gasteiger partial charge is 0.206 e. The Bertz CT molecular complexity index is 798. The van der Waals surface area contributed by atoms with Crippen molar-refractivity contribution < 1.29 is 13.5 Å². The maximum Gasteiger partial charge on any atom is 0.206 e. The Morgan fingerprint density at radius 1 is 0.821 bits per heavy atom. The fourth-order valence-corrected chi connectivity index (χ4v) is 4.01. The van der Waals surface area contributed by atoms with Crippen molar-refractivity contribution in [2.45, 2.75) is 82.4 Å². The van der Waals surface area contributed by atoms with Crippen LogP contribution in [0.3, 0.4) is 0 Å². The number of phenolic OH excluding ortho intramolecular Hbond substituents is 1. The normalized spacial score (nSPS) is 11.8. The quantitative estimate of drug-likeness (QED) is 0.555. The second-order valence-corrected chi connectivity index (χ2v) is 9.66. The fraction of sp³-hybridized carbons (Fsp3) is 0.500. The highest BCUT2D eigenvalue weighted by Gasteiger charge is 2.23. The molecule has 2 aromatic rings. The fourth-order valence-electron chi connectivity index (χ4n) is 2.74. The van der Waals surface area contributed by atoms with Crippen molar-refractivity contribution in [1.82, 2.24) is 0 Å². The Kier molecular flexibility index (Phi) is 9.22. The van der Waals surface area contributed by atoms with Crippen LogP contribution in [-0.2, 0) is 15.3 Å². The number of rotatable bonds is 7. The molecule has 0 spiro atoms. The minimum absolute atomic E-state index is 0.0518. The monoisotopic (exact) mass is 404 g/mol. The van der Waals surface area contributed by atoms with E-state index in [9.17, 15) is 13.5 Å². The largest absolute Gasteiger partial charge is 0.508 e. The molecule has 0 radical (unpaired) electrons. The molecule has 0 bridgehead atoms. The molecule has 28 heavy (non-hydrogen) atoms. The van der Waals surface area contributed by atoms with Crippen LogP contribution in [-0.4, -0.2) is 13.5 Å². The zero-order valence-electron chi connectivity index (χ0n) is 18.2. The van der Waals surface area contributed by atoms with Crippen LogP contribution in [0.15, 0.2) is 58.3 Å². The van der Waals surface area contributed by atoms with Crippen LogP contribution in [0.1, 0.15) is 72.8 Å². The molecule has 0 aliphatic carbocycles. The summed E-state index contributed by atoms with van der Waals surface area (Å²) in [6, 6.07) is 12.7. The van der Waals surface area contributed by atoms with Crippen molar-refractivity contribution in [3.63, 3.8) is 0 Å². The average Bonchev–Trinajstić information content (AvgIpc) is 2.73. The second kappa shape index (κ2) is 10.7. The van der Waals surface area contributed by atoms with E-state index in [1.165, 1.54) is 37.1 Å². The van der Waals surface area contributed by atoms with E-state index in [2.05, 4.69) is 41.5 Å². The summed E-state index contributed by atoms with van der Waals surface area (Å²) >= 11 is 0. The van der Waals surface area contributed by atoms with Crippen LogP contribution in [0.4, 0.5) is 0 Å². The molecule has 2 rings (SSSR count). The van der Waals surface area contributed by atoms with Gasteiger partial charge in [0.25, 0.3) is 0 Å². The average molecular weight is 405 g/mol. The van der Waals surface area contributed by atoms with E-state index in [0.717, 1.165) is 24.3 Å². The Morgan fingerprint density at radius 3 is 1.54 bits per heavy atom. The van der Waals surface area contributed by atoms with E-state index in [1.54, 1.807) is 12.1 Å². The van der Waals surface area contributed by atoms with Crippen LogP contribution in [0.25, 0.3) is 0 Å². The summed E-state index contributed by atoms with van der Waals surface area (Å²) in [6.45, 7) is 13.2. The molecule has 0 aliphatic rings. The lowest BCUT2D eigenvalue weighted by molar-refractivity contribution is 0.438. The first-order valence-corrected chi connectivity index (χ1v) is 11.8. The molecule has 0 aromatic heterocycles. The van der Waals surface area contributed by atoms with E-state index >= 15 is 0 Å². The molecule has 2 aromatic carbocycles. The number of hydrogen-bond acceptors (Lipinski definition) is 3. The van der Waals surface area contributed by atoms with Crippen LogP contribution in [0.2, 0.25) is 0 Å². The molecule has 0 saturated heterocycles. The Balaban J connectivity index is 0.000000568. The van der Waals surface area contributed by atoms with Crippen molar-refractivity contribution >= 4 is 9.84 Å². The molecule has 4 heteroatoms. The molecule has 0 saturated carbocycles. The minimum Gasteiger partial charge on any atom is -0.508 e. The number of phenols is 1. The highest BCUT2D eigenvalue weighted by Crippen LogP contribution is 2.32. The van der Waals surface area contributed by atoms with Crippen LogP contribution < -0.4 is 0 Å². The molecular weight excluding hydrogens is 368 g/mol. The number of benzene rings is 2. The lowest BCUT2D eigenvalue weighted by Crippen LogP contribution is -2.19. The topological polar surface area (TPSA) is 54.4 Å². The Labute approximate surface area is 171 Å². The van der Waals surface area contributed by atoms with Gasteiger partial charge in [0, 0.05) is 0 Å². The highest BCUT2D eigenvalue weighted by molar-refractivity contribution is 7.91. The first kappa shape index (κ1) is 24.2. The van der Waals surface area contributed by atoms with Crippen molar-refractivity contribution in [3.05, 3.63) is 54.1 Å². The summed E-state index contributed by atoms with van der Waals surface area (Å²) in [5, 5.41) is 9.28. The summed E-state index contributed by atoms with van der Waals surface area (Å²) in [7, 11) is -3.54. The summed E-state index contributed by atoms with van der Waals surface area (Å²) in [4.78, 5) is 0.461. The van der Waals surface area contributed by atoms with Gasteiger partial charge in [-0.3, -0.25) is 0 Å². The lowest BCUT2D eigenvalue weighted by atomic mass is 9.78. The van der Waals surface area contributed by atoms with E-state index in [4.69, 9.17) is 0 Å². The van der Waals surface area contributed by atoms with Gasteiger partial charge in [0.2, 0.25) is 9.84 Å². The van der Waals surface area contributed by atoms with Crippen molar-refractivity contribution in [1.29, 1.82) is 0 Å². The van der Waals surface area contributed by atoms with E-state index < -0.39 is 9.84 Å². The standard InChI is InChI=1S/C18H22O3S.C6H14/c1-4-18(3,5-2)14-6-10-16(11-7-14)22(20,21)17-12-8-15(19)9-13-17;1-4-6(3)5-2/h6-13,19H,4-5H2,1-3H3;6H,4-5H2,1-3H3. The van der Waals surface area contributed by atoms with E-state index in [1.807, 2.05) is 12.1 Å². The molecule has 3 nitrogen and oxygen atoms in total. The summed E-state index contributed by atoms with van der Waals surface area (Å²) in [5.74, 6) is 0.987. The van der Waals surface area contributed by atoms with E-state index in [-0.39, 0.29) is 21.0 Å². The maximum atomic E-state index is 12.6. The molecule has 0 fully saturated rings. The third-order valence-corrected chi connectivity index (χ3v) is 7.75. The molecule has 0 amide bonds. The van der Waals surface area contributed by atoms with E-state index in [0.29, 0.717) is 0 Å². The van der Waals surface area contributed by atoms with Crippen molar-refractivity contribution in [2.24, 2.45) is 5.92 Å².